The van der Waals surface area contributed by atoms with Gasteiger partial charge in [-0.05, 0) is 69.6 Å². The van der Waals surface area contributed by atoms with Gasteiger partial charge >= 0.3 is 6.09 Å². The lowest BCUT2D eigenvalue weighted by Gasteiger charge is -2.32. The number of nitrogens with one attached hydrogen (secondary N) is 1. The second-order valence-corrected chi connectivity index (χ2v) is 9.60. The molecule has 1 aromatic rings. The van der Waals surface area contributed by atoms with Crippen molar-refractivity contribution in [1.82, 2.24) is 5.32 Å². The van der Waals surface area contributed by atoms with Crippen molar-refractivity contribution in [3.8, 4) is 0 Å². The maximum Gasteiger partial charge on any atom is 0.407 e. The van der Waals surface area contributed by atoms with E-state index in [1.54, 1.807) is 39.0 Å². The molecule has 0 fully saturated rings. The Bertz CT molecular complexity index is 846. The molecule has 0 bridgehead atoms. The van der Waals surface area contributed by atoms with Crippen LogP contribution in [0.5, 0.6) is 0 Å². The fraction of sp³-hybridized carbons (Fsp3) is 0.520. The molecule has 1 aliphatic carbocycles. The summed E-state index contributed by atoms with van der Waals surface area (Å²) < 4.78 is 19.5. The van der Waals surface area contributed by atoms with Crippen molar-refractivity contribution in [2.75, 3.05) is 6.54 Å². The molecule has 4 nitrogen and oxygen atoms in total. The van der Waals surface area contributed by atoms with Gasteiger partial charge in [0.2, 0.25) is 0 Å². The molecule has 30 heavy (non-hydrogen) atoms. The molecule has 1 aliphatic rings. The normalized spacial score (nSPS) is 17.7. The number of halogens is 1. The van der Waals surface area contributed by atoms with Gasteiger partial charge in [0.05, 0.1) is 6.54 Å². The number of alkyl halides is 1. The van der Waals surface area contributed by atoms with Gasteiger partial charge in [-0.25, -0.2) is 9.18 Å². The molecule has 0 aromatic heterocycles. The lowest BCUT2D eigenvalue weighted by Crippen LogP contribution is -2.38. The van der Waals surface area contributed by atoms with Crippen LogP contribution in [0.15, 0.2) is 41.5 Å². The minimum absolute atomic E-state index is 0.129. The van der Waals surface area contributed by atoms with Gasteiger partial charge in [-0.2, -0.15) is 0 Å². The molecule has 0 spiro atoms. The molecule has 1 aromatic carbocycles. The van der Waals surface area contributed by atoms with Crippen molar-refractivity contribution >= 4 is 18.0 Å². The molecule has 0 heterocycles. The molecular weight excluding hydrogens is 381 g/mol. The standard InChI is InChI=1S/C25H34FNO3/c1-17-9-8-14-25(5,6)20(17)13-12-18-10-7-11-19(15-18)22(28)21(26)16-27-23(29)30-24(2,3)4/h7,10-13,15,21H,8-9,14,16H2,1-6H3,(H,27,29)/b13-12+. The van der Waals surface area contributed by atoms with E-state index in [-0.39, 0.29) is 11.0 Å². The van der Waals surface area contributed by atoms with Crippen LogP contribution in [0.2, 0.25) is 0 Å². The molecule has 0 saturated carbocycles. The van der Waals surface area contributed by atoms with Gasteiger partial charge in [-0.1, -0.05) is 49.8 Å². The van der Waals surface area contributed by atoms with Crippen molar-refractivity contribution in [1.29, 1.82) is 0 Å². The number of carbonyl (C=O) groups excluding carboxylic acids is 2. The minimum atomic E-state index is -1.83. The van der Waals surface area contributed by atoms with Crippen LogP contribution in [-0.2, 0) is 4.74 Å². The maximum atomic E-state index is 14.4. The Kier molecular flexibility index (Phi) is 7.62. The third-order valence-corrected chi connectivity index (χ3v) is 5.27. The summed E-state index contributed by atoms with van der Waals surface area (Å²) in [5.41, 5.74) is 3.30. The monoisotopic (exact) mass is 415 g/mol. The summed E-state index contributed by atoms with van der Waals surface area (Å²) in [6.45, 7) is 11.4. The van der Waals surface area contributed by atoms with E-state index in [9.17, 15) is 14.0 Å². The molecule has 2 rings (SSSR count). The average Bonchev–Trinajstić information content (AvgIpc) is 2.63. The first-order chi connectivity index (χ1) is 13.9. The predicted octanol–water partition coefficient (Wildman–Crippen LogP) is 6.27. The van der Waals surface area contributed by atoms with Crippen molar-refractivity contribution < 1.29 is 18.7 Å². The van der Waals surface area contributed by atoms with E-state index in [1.165, 1.54) is 17.6 Å². The zero-order valence-corrected chi connectivity index (χ0v) is 19.0. The van der Waals surface area contributed by atoms with Gasteiger partial charge in [0.15, 0.2) is 12.0 Å². The van der Waals surface area contributed by atoms with Crippen LogP contribution in [0, 0.1) is 5.41 Å². The number of Topliss-reactive ketones (excluding diaryl/α,β-unsaturated/α-hetero) is 1. The summed E-state index contributed by atoms with van der Waals surface area (Å²) in [6, 6.07) is 6.92. The van der Waals surface area contributed by atoms with Gasteiger partial charge in [0.1, 0.15) is 5.60 Å². The highest BCUT2D eigenvalue weighted by Gasteiger charge is 2.26. The number of ketones is 1. The first-order valence-electron chi connectivity index (χ1n) is 10.5. The van der Waals surface area contributed by atoms with Crippen LogP contribution >= 0.6 is 0 Å². The number of ether oxygens (including phenoxy) is 1. The zero-order valence-electron chi connectivity index (χ0n) is 19.0. The Morgan fingerprint density at radius 3 is 2.60 bits per heavy atom. The third-order valence-electron chi connectivity index (χ3n) is 5.27. The molecule has 0 saturated heterocycles. The van der Waals surface area contributed by atoms with E-state index < -0.39 is 30.2 Å². The fourth-order valence-electron chi connectivity index (χ4n) is 3.75. The van der Waals surface area contributed by atoms with Crippen molar-refractivity contribution in [3.05, 3.63) is 52.6 Å². The fourth-order valence-corrected chi connectivity index (χ4v) is 3.75. The third kappa shape index (κ3) is 6.82. The van der Waals surface area contributed by atoms with Crippen LogP contribution in [0.25, 0.3) is 6.08 Å². The van der Waals surface area contributed by atoms with Crippen LogP contribution in [-0.4, -0.2) is 30.2 Å². The average molecular weight is 416 g/mol. The number of rotatable bonds is 6. The van der Waals surface area contributed by atoms with Gasteiger partial charge in [-0.15, -0.1) is 0 Å². The molecule has 1 N–H and O–H groups in total. The Balaban J connectivity index is 2.05. The van der Waals surface area contributed by atoms with Crippen molar-refractivity contribution in [2.45, 2.75) is 72.6 Å². The highest BCUT2D eigenvalue weighted by Crippen LogP contribution is 2.40. The van der Waals surface area contributed by atoms with E-state index in [0.29, 0.717) is 0 Å². The minimum Gasteiger partial charge on any atom is -0.444 e. The zero-order chi connectivity index (χ0) is 22.5. The van der Waals surface area contributed by atoms with Gasteiger partial charge < -0.3 is 10.1 Å². The lowest BCUT2D eigenvalue weighted by atomic mass is 9.72. The van der Waals surface area contributed by atoms with Crippen LogP contribution < -0.4 is 5.32 Å². The quantitative estimate of drug-likeness (QED) is 0.557. The molecule has 0 radical (unpaired) electrons. The van der Waals surface area contributed by atoms with E-state index >= 15 is 0 Å². The van der Waals surface area contributed by atoms with Crippen LogP contribution in [0.4, 0.5) is 9.18 Å². The van der Waals surface area contributed by atoms with Gasteiger partial charge in [-0.3, -0.25) is 4.79 Å². The van der Waals surface area contributed by atoms with E-state index in [0.717, 1.165) is 18.4 Å². The topological polar surface area (TPSA) is 55.4 Å². The molecule has 5 heteroatoms. The highest BCUT2D eigenvalue weighted by atomic mass is 19.1. The van der Waals surface area contributed by atoms with Crippen molar-refractivity contribution in [3.63, 3.8) is 0 Å². The number of carbonyl (C=O) groups is 2. The highest BCUT2D eigenvalue weighted by molar-refractivity contribution is 6.00. The molecule has 1 amide bonds. The first-order valence-corrected chi connectivity index (χ1v) is 10.5. The Morgan fingerprint density at radius 1 is 1.27 bits per heavy atom. The number of amides is 1. The summed E-state index contributed by atoms with van der Waals surface area (Å²) >= 11 is 0. The van der Waals surface area contributed by atoms with Gasteiger partial charge in [0.25, 0.3) is 0 Å². The largest absolute Gasteiger partial charge is 0.444 e. The van der Waals surface area contributed by atoms with Gasteiger partial charge in [0, 0.05) is 5.56 Å². The van der Waals surface area contributed by atoms with E-state index in [2.05, 4.69) is 32.2 Å². The first kappa shape index (κ1) is 23.8. The van der Waals surface area contributed by atoms with E-state index in [4.69, 9.17) is 4.74 Å². The molecule has 0 aliphatic heterocycles. The summed E-state index contributed by atoms with van der Waals surface area (Å²) in [5, 5.41) is 2.31. The van der Waals surface area contributed by atoms with Crippen molar-refractivity contribution in [2.24, 2.45) is 5.41 Å². The Morgan fingerprint density at radius 2 is 1.97 bits per heavy atom. The second kappa shape index (κ2) is 9.59. The molecular formula is C25H34FNO3. The number of allylic oxidation sites excluding steroid dienone is 3. The summed E-state index contributed by atoms with van der Waals surface area (Å²) in [6.07, 6.45) is 4.98. The lowest BCUT2D eigenvalue weighted by molar-refractivity contribution is 0.0512. The second-order valence-electron chi connectivity index (χ2n) is 9.60. The predicted molar refractivity (Wildman–Crippen MR) is 119 cm³/mol. The number of alkyl carbamates (subject to hydrolysis) is 1. The summed E-state index contributed by atoms with van der Waals surface area (Å²) in [4.78, 5) is 24.1. The molecule has 164 valence electrons. The SMILES string of the molecule is CC1=C(/C=C/c2cccc(C(=O)C(F)CNC(=O)OC(C)(C)C)c2)C(C)(C)CCC1. The summed E-state index contributed by atoms with van der Waals surface area (Å²) in [7, 11) is 0. The van der Waals surface area contributed by atoms with Crippen LogP contribution in [0.3, 0.4) is 0 Å². The number of hydrogen-bond acceptors (Lipinski definition) is 3. The number of hydrogen-bond donors (Lipinski definition) is 1. The maximum absolute atomic E-state index is 14.4. The van der Waals surface area contributed by atoms with Crippen LogP contribution in [0.1, 0.15) is 76.7 Å². The number of benzene rings is 1. The van der Waals surface area contributed by atoms with E-state index in [1.807, 2.05) is 12.1 Å². The smallest absolute Gasteiger partial charge is 0.407 e. The summed E-state index contributed by atoms with van der Waals surface area (Å²) in [5.74, 6) is -0.658. The molecule has 1 unspecified atom stereocenters. The Hall–Kier alpha value is -2.43. The Labute approximate surface area is 179 Å². The molecule has 1 atom stereocenters.